The van der Waals surface area contributed by atoms with Crippen LogP contribution in [-0.2, 0) is 4.65 Å². The largest absolute Gasteiger partial charge is 0.491 e. The van der Waals surface area contributed by atoms with Crippen LogP contribution in [0.2, 0.25) is 0 Å². The molecule has 0 aromatic rings. The van der Waals surface area contributed by atoms with Crippen molar-refractivity contribution in [3.05, 3.63) is 35.9 Å². The van der Waals surface area contributed by atoms with E-state index in [2.05, 4.69) is 6.58 Å². The highest BCUT2D eigenvalue weighted by Gasteiger charge is 2.26. The first-order chi connectivity index (χ1) is 5.29. The molecular formula is C8H11BO2. The highest BCUT2D eigenvalue weighted by molar-refractivity contribution is 6.54. The zero-order valence-corrected chi connectivity index (χ0v) is 6.58. The molecule has 0 aliphatic carbocycles. The van der Waals surface area contributed by atoms with Gasteiger partial charge < -0.3 is 9.68 Å². The lowest BCUT2D eigenvalue weighted by Gasteiger charge is -1.94. The molecule has 0 bridgehead atoms. The van der Waals surface area contributed by atoms with Gasteiger partial charge in [-0.05, 0) is 18.0 Å². The maximum Gasteiger partial charge on any atom is 0.491 e. The third-order valence-corrected chi connectivity index (χ3v) is 1.62. The molecule has 0 aromatic heterocycles. The van der Waals surface area contributed by atoms with Gasteiger partial charge in [0.1, 0.15) is 0 Å². The second-order valence-electron chi connectivity index (χ2n) is 2.35. The van der Waals surface area contributed by atoms with Gasteiger partial charge in [-0.2, -0.15) is 0 Å². The van der Waals surface area contributed by atoms with Gasteiger partial charge in [0.15, 0.2) is 0 Å². The molecule has 0 amide bonds. The van der Waals surface area contributed by atoms with Crippen molar-refractivity contribution in [2.75, 3.05) is 6.61 Å². The van der Waals surface area contributed by atoms with E-state index in [1.807, 2.05) is 19.1 Å². The monoisotopic (exact) mass is 150 g/mol. The summed E-state index contributed by atoms with van der Waals surface area (Å²) in [5.41, 5.74) is 1.79. The number of rotatable bonds is 2. The summed E-state index contributed by atoms with van der Waals surface area (Å²) in [6.07, 6.45) is 5.47. The molecule has 1 N–H and O–H groups in total. The molecule has 0 spiro atoms. The van der Waals surface area contributed by atoms with E-state index in [-0.39, 0.29) is 0 Å². The first-order valence-electron chi connectivity index (χ1n) is 3.57. The van der Waals surface area contributed by atoms with Gasteiger partial charge in [-0.3, -0.25) is 0 Å². The molecule has 0 aromatic carbocycles. The van der Waals surface area contributed by atoms with Crippen LogP contribution in [0.5, 0.6) is 0 Å². The van der Waals surface area contributed by atoms with E-state index < -0.39 is 7.12 Å². The Morgan fingerprint density at radius 3 is 3.00 bits per heavy atom. The second kappa shape index (κ2) is 3.55. The molecule has 1 aliphatic heterocycles. The Hall–Kier alpha value is -0.795. The fourth-order valence-corrected chi connectivity index (χ4v) is 1.08. The van der Waals surface area contributed by atoms with E-state index in [0.717, 1.165) is 11.0 Å². The van der Waals surface area contributed by atoms with Crippen LogP contribution in [0.3, 0.4) is 0 Å². The van der Waals surface area contributed by atoms with Crippen LogP contribution in [0.25, 0.3) is 0 Å². The lowest BCUT2D eigenvalue weighted by Crippen LogP contribution is -2.13. The molecule has 11 heavy (non-hydrogen) atoms. The molecule has 3 heteroatoms. The van der Waals surface area contributed by atoms with Crippen LogP contribution in [0.1, 0.15) is 6.92 Å². The van der Waals surface area contributed by atoms with Crippen molar-refractivity contribution in [3.63, 3.8) is 0 Å². The minimum absolute atomic E-state index is 0.479. The van der Waals surface area contributed by atoms with Crippen LogP contribution in [-0.4, -0.2) is 18.7 Å². The summed E-state index contributed by atoms with van der Waals surface area (Å²) in [4.78, 5) is 0. The average molecular weight is 150 g/mol. The molecule has 1 rings (SSSR count). The summed E-state index contributed by atoms with van der Waals surface area (Å²) >= 11 is 0. The SMILES string of the molecule is C=CC1=C(/C=C\C)COB1O. The van der Waals surface area contributed by atoms with E-state index in [1.165, 1.54) is 0 Å². The van der Waals surface area contributed by atoms with Gasteiger partial charge in [-0.1, -0.05) is 24.8 Å². The molecule has 1 aliphatic rings. The summed E-state index contributed by atoms with van der Waals surface area (Å²) < 4.78 is 4.98. The van der Waals surface area contributed by atoms with Gasteiger partial charge in [0.05, 0.1) is 6.61 Å². The second-order valence-corrected chi connectivity index (χ2v) is 2.35. The van der Waals surface area contributed by atoms with Crippen molar-refractivity contribution in [2.45, 2.75) is 6.92 Å². The maximum atomic E-state index is 9.20. The standard InChI is InChI=1S/C8H11BO2/c1-3-5-7-6-11-9(10)8(7)4-2/h3-5,10H,2,6H2,1H3/b5-3-. The molecule has 0 saturated heterocycles. The summed E-state index contributed by atoms with van der Waals surface area (Å²) in [7, 11) is -0.779. The average Bonchev–Trinajstić information content (AvgIpc) is 2.33. The first kappa shape index (κ1) is 8.30. The third kappa shape index (κ3) is 1.61. The maximum absolute atomic E-state index is 9.20. The van der Waals surface area contributed by atoms with Crippen molar-refractivity contribution in [3.8, 4) is 0 Å². The Balaban J connectivity index is 2.88. The Morgan fingerprint density at radius 1 is 1.73 bits per heavy atom. The topological polar surface area (TPSA) is 29.5 Å². The van der Waals surface area contributed by atoms with Gasteiger partial charge in [0, 0.05) is 0 Å². The van der Waals surface area contributed by atoms with E-state index >= 15 is 0 Å². The third-order valence-electron chi connectivity index (χ3n) is 1.62. The van der Waals surface area contributed by atoms with Crippen LogP contribution >= 0.6 is 0 Å². The molecule has 0 radical (unpaired) electrons. The molecule has 58 valence electrons. The van der Waals surface area contributed by atoms with Crippen molar-refractivity contribution in [2.24, 2.45) is 0 Å². The van der Waals surface area contributed by atoms with Crippen molar-refractivity contribution >= 4 is 7.12 Å². The summed E-state index contributed by atoms with van der Waals surface area (Å²) in [6.45, 7) is 6.00. The molecule has 0 atom stereocenters. The van der Waals surface area contributed by atoms with Crippen molar-refractivity contribution in [1.29, 1.82) is 0 Å². The molecule has 2 nitrogen and oxygen atoms in total. The highest BCUT2D eigenvalue weighted by atomic mass is 16.5. The van der Waals surface area contributed by atoms with Crippen LogP contribution in [0, 0.1) is 0 Å². The quantitative estimate of drug-likeness (QED) is 0.597. The van der Waals surface area contributed by atoms with Gasteiger partial charge >= 0.3 is 7.12 Å². The number of allylic oxidation sites excluding steroid dienone is 3. The van der Waals surface area contributed by atoms with Gasteiger partial charge in [0.2, 0.25) is 0 Å². The fraction of sp³-hybridized carbons (Fsp3) is 0.250. The van der Waals surface area contributed by atoms with Crippen LogP contribution in [0.4, 0.5) is 0 Å². The predicted molar refractivity (Wildman–Crippen MR) is 46.0 cm³/mol. The molecule has 0 unspecified atom stereocenters. The minimum atomic E-state index is -0.779. The molecule has 1 heterocycles. The van der Waals surface area contributed by atoms with Gasteiger partial charge in [0.25, 0.3) is 0 Å². The fourth-order valence-electron chi connectivity index (χ4n) is 1.08. The number of hydrogen-bond donors (Lipinski definition) is 1. The van der Waals surface area contributed by atoms with E-state index in [9.17, 15) is 5.02 Å². The Labute approximate surface area is 67.0 Å². The van der Waals surface area contributed by atoms with Gasteiger partial charge in [-0.25, -0.2) is 0 Å². The van der Waals surface area contributed by atoms with E-state index in [1.54, 1.807) is 6.08 Å². The molecule has 0 fully saturated rings. The Kier molecular flexibility index (Phi) is 2.68. The zero-order valence-electron chi connectivity index (χ0n) is 6.58. The van der Waals surface area contributed by atoms with Crippen molar-refractivity contribution in [1.82, 2.24) is 0 Å². The smallest absolute Gasteiger partial charge is 0.423 e. The van der Waals surface area contributed by atoms with E-state index in [4.69, 9.17) is 4.65 Å². The normalized spacial score (nSPS) is 18.5. The Morgan fingerprint density at radius 2 is 2.45 bits per heavy atom. The highest BCUT2D eigenvalue weighted by Crippen LogP contribution is 2.18. The van der Waals surface area contributed by atoms with Crippen LogP contribution < -0.4 is 0 Å². The summed E-state index contributed by atoms with van der Waals surface area (Å²) in [5.74, 6) is 0. The Bertz CT molecular complexity index is 218. The molecular weight excluding hydrogens is 139 g/mol. The summed E-state index contributed by atoms with van der Waals surface area (Å²) in [6, 6.07) is 0. The predicted octanol–water partition coefficient (Wildman–Crippen LogP) is 1.09. The zero-order chi connectivity index (χ0) is 8.27. The van der Waals surface area contributed by atoms with Gasteiger partial charge in [-0.15, -0.1) is 0 Å². The lowest BCUT2D eigenvalue weighted by molar-refractivity contribution is 0.311. The van der Waals surface area contributed by atoms with Crippen LogP contribution in [0.15, 0.2) is 35.9 Å². The minimum Gasteiger partial charge on any atom is -0.423 e. The van der Waals surface area contributed by atoms with E-state index in [0.29, 0.717) is 6.61 Å². The first-order valence-corrected chi connectivity index (χ1v) is 3.57. The summed E-state index contributed by atoms with van der Waals surface area (Å²) in [5, 5.41) is 9.20. The molecule has 0 saturated carbocycles. The number of hydrogen-bond acceptors (Lipinski definition) is 2. The van der Waals surface area contributed by atoms with Crippen molar-refractivity contribution < 1.29 is 9.68 Å². The lowest BCUT2D eigenvalue weighted by atomic mass is 9.78.